The van der Waals surface area contributed by atoms with Crippen LogP contribution in [-0.4, -0.2) is 31.4 Å². The number of aryl methyl sites for hydroxylation is 1. The molecule has 0 spiro atoms. The van der Waals surface area contributed by atoms with Crippen molar-refractivity contribution in [1.29, 1.82) is 0 Å². The van der Waals surface area contributed by atoms with Gasteiger partial charge in [-0.25, -0.2) is 12.8 Å². The van der Waals surface area contributed by atoms with E-state index in [1.54, 1.807) is 12.1 Å². The molecule has 150 valence electrons. The van der Waals surface area contributed by atoms with Crippen molar-refractivity contribution in [2.45, 2.75) is 37.7 Å². The lowest BCUT2D eigenvalue weighted by Gasteiger charge is -2.40. The Bertz CT molecular complexity index is 1000. The highest BCUT2D eigenvalue weighted by atomic mass is 32.2. The molecule has 0 saturated carbocycles. The monoisotopic (exact) mass is 404 g/mol. The van der Waals surface area contributed by atoms with E-state index in [1.165, 1.54) is 19.9 Å². The van der Waals surface area contributed by atoms with Crippen molar-refractivity contribution < 1.29 is 17.5 Å². The normalized spacial score (nSPS) is 23.2. The smallest absolute Gasteiger partial charge is 0.165 e. The molecule has 1 aliphatic heterocycles. The second kappa shape index (κ2) is 7.29. The molecule has 2 aromatic rings. The predicted octanol–water partition coefficient (Wildman–Crippen LogP) is 3.11. The molecule has 1 aliphatic rings. The van der Waals surface area contributed by atoms with E-state index >= 15 is 0 Å². The van der Waals surface area contributed by atoms with Crippen LogP contribution < -0.4 is 5.73 Å². The molecule has 0 fully saturated rings. The van der Waals surface area contributed by atoms with Crippen molar-refractivity contribution in [3.63, 3.8) is 0 Å². The summed E-state index contributed by atoms with van der Waals surface area (Å²) in [5.74, 6) is -0.939. The summed E-state index contributed by atoms with van der Waals surface area (Å²) in [5.41, 5.74) is 6.55. The van der Waals surface area contributed by atoms with Gasteiger partial charge in [-0.3, -0.25) is 4.99 Å². The SMILES string of the molecule is Cc1ccc(F)c(C2(COCc3ccccc3)CS(=O)(=O)C(C)(C)C(N)=N2)c1. The average Bonchev–Trinajstić information content (AvgIpc) is 2.63. The van der Waals surface area contributed by atoms with Gasteiger partial charge < -0.3 is 10.5 Å². The molecule has 0 radical (unpaired) electrons. The van der Waals surface area contributed by atoms with Crippen molar-refractivity contribution >= 4 is 15.7 Å². The van der Waals surface area contributed by atoms with Crippen molar-refractivity contribution in [1.82, 2.24) is 0 Å². The fourth-order valence-electron chi connectivity index (χ4n) is 3.25. The molecule has 3 rings (SSSR count). The van der Waals surface area contributed by atoms with E-state index in [4.69, 9.17) is 10.5 Å². The topological polar surface area (TPSA) is 81.8 Å². The van der Waals surface area contributed by atoms with Crippen LogP contribution in [0.3, 0.4) is 0 Å². The molecule has 0 saturated heterocycles. The third-order valence-electron chi connectivity index (χ3n) is 5.23. The number of halogens is 1. The van der Waals surface area contributed by atoms with Gasteiger partial charge in [-0.15, -0.1) is 0 Å². The molecular weight excluding hydrogens is 379 g/mol. The van der Waals surface area contributed by atoms with Crippen molar-refractivity contribution in [3.8, 4) is 0 Å². The molecule has 0 bridgehead atoms. The van der Waals surface area contributed by atoms with E-state index in [2.05, 4.69) is 4.99 Å². The highest BCUT2D eigenvalue weighted by molar-refractivity contribution is 7.93. The highest BCUT2D eigenvalue weighted by Gasteiger charge is 2.51. The number of hydrogen-bond donors (Lipinski definition) is 1. The lowest BCUT2D eigenvalue weighted by Crippen LogP contribution is -2.57. The van der Waals surface area contributed by atoms with Crippen LogP contribution in [0.4, 0.5) is 4.39 Å². The highest BCUT2D eigenvalue weighted by Crippen LogP contribution is 2.39. The Morgan fingerprint density at radius 1 is 1.18 bits per heavy atom. The summed E-state index contributed by atoms with van der Waals surface area (Å²) in [4.78, 5) is 4.52. The Balaban J connectivity index is 2.05. The molecule has 0 aliphatic carbocycles. The summed E-state index contributed by atoms with van der Waals surface area (Å²) in [6.07, 6.45) is 0. The summed E-state index contributed by atoms with van der Waals surface area (Å²) >= 11 is 0. The third kappa shape index (κ3) is 3.69. The van der Waals surface area contributed by atoms with Crippen LogP contribution in [0.25, 0.3) is 0 Å². The molecule has 2 N–H and O–H groups in total. The van der Waals surface area contributed by atoms with Crippen LogP contribution in [0.1, 0.15) is 30.5 Å². The van der Waals surface area contributed by atoms with E-state index in [1.807, 2.05) is 37.3 Å². The van der Waals surface area contributed by atoms with Crippen LogP contribution in [0.5, 0.6) is 0 Å². The molecule has 0 amide bonds. The minimum absolute atomic E-state index is 0.0389. The third-order valence-corrected chi connectivity index (χ3v) is 7.86. The Labute approximate surface area is 165 Å². The van der Waals surface area contributed by atoms with Gasteiger partial charge in [0.05, 0.1) is 19.0 Å². The van der Waals surface area contributed by atoms with Gasteiger partial charge in [-0.1, -0.05) is 48.0 Å². The largest absolute Gasteiger partial charge is 0.386 e. The molecule has 1 heterocycles. The molecule has 2 aromatic carbocycles. The van der Waals surface area contributed by atoms with Gasteiger partial charge in [-0.2, -0.15) is 0 Å². The first-order chi connectivity index (χ1) is 13.1. The number of hydrogen-bond acceptors (Lipinski definition) is 5. The van der Waals surface area contributed by atoms with Gasteiger partial charge >= 0.3 is 0 Å². The number of rotatable bonds is 5. The van der Waals surface area contributed by atoms with Gasteiger partial charge in [0.25, 0.3) is 0 Å². The van der Waals surface area contributed by atoms with Gasteiger partial charge in [0, 0.05) is 5.56 Å². The maximum absolute atomic E-state index is 14.8. The van der Waals surface area contributed by atoms with Crippen LogP contribution in [-0.2, 0) is 26.7 Å². The van der Waals surface area contributed by atoms with Crippen molar-refractivity contribution in [3.05, 3.63) is 71.0 Å². The predicted molar refractivity (Wildman–Crippen MR) is 108 cm³/mol. The summed E-state index contributed by atoms with van der Waals surface area (Å²) in [6.45, 7) is 5.01. The van der Waals surface area contributed by atoms with Gasteiger partial charge in [0.15, 0.2) is 9.84 Å². The van der Waals surface area contributed by atoms with Crippen LogP contribution in [0.2, 0.25) is 0 Å². The molecule has 5 nitrogen and oxygen atoms in total. The number of sulfone groups is 1. The van der Waals surface area contributed by atoms with Crippen LogP contribution in [0, 0.1) is 12.7 Å². The second-order valence-corrected chi connectivity index (χ2v) is 10.3. The first kappa shape index (κ1) is 20.5. The molecular formula is C21H25FN2O3S. The number of benzene rings is 2. The minimum atomic E-state index is -3.69. The Morgan fingerprint density at radius 2 is 1.86 bits per heavy atom. The number of aliphatic imine (C=N–C) groups is 1. The zero-order chi connectivity index (χ0) is 20.6. The van der Waals surface area contributed by atoms with Crippen LogP contribution in [0.15, 0.2) is 53.5 Å². The number of ether oxygens (including phenoxy) is 1. The fourth-order valence-corrected chi connectivity index (χ4v) is 4.91. The Hall–Kier alpha value is -2.25. The molecule has 7 heteroatoms. The summed E-state index contributed by atoms with van der Waals surface area (Å²) in [6, 6.07) is 14.0. The molecule has 1 unspecified atom stereocenters. The van der Waals surface area contributed by atoms with Crippen molar-refractivity contribution in [2.24, 2.45) is 10.7 Å². The van der Waals surface area contributed by atoms with Gasteiger partial charge in [-0.05, 0) is 32.4 Å². The number of amidine groups is 1. The maximum Gasteiger partial charge on any atom is 0.165 e. The summed E-state index contributed by atoms with van der Waals surface area (Å²) in [7, 11) is -3.69. The summed E-state index contributed by atoms with van der Waals surface area (Å²) < 4.78 is 45.3. The quantitative estimate of drug-likeness (QED) is 0.830. The Kier molecular flexibility index (Phi) is 5.34. The van der Waals surface area contributed by atoms with Crippen LogP contribution >= 0.6 is 0 Å². The van der Waals surface area contributed by atoms with E-state index in [-0.39, 0.29) is 30.4 Å². The lowest BCUT2D eigenvalue weighted by atomic mass is 9.90. The fraction of sp³-hybridized carbons (Fsp3) is 0.381. The second-order valence-electron chi connectivity index (χ2n) is 7.76. The van der Waals surface area contributed by atoms with E-state index < -0.39 is 25.9 Å². The first-order valence-corrected chi connectivity index (χ1v) is 10.7. The summed E-state index contributed by atoms with van der Waals surface area (Å²) in [5, 5.41) is 0. The zero-order valence-electron chi connectivity index (χ0n) is 16.3. The van der Waals surface area contributed by atoms with E-state index in [0.29, 0.717) is 0 Å². The lowest BCUT2D eigenvalue weighted by molar-refractivity contribution is 0.0781. The van der Waals surface area contributed by atoms with Crippen molar-refractivity contribution in [2.75, 3.05) is 12.4 Å². The maximum atomic E-state index is 14.8. The first-order valence-electron chi connectivity index (χ1n) is 9.04. The standard InChI is InChI=1S/C21H25FN2O3S/c1-15-9-10-18(22)17(11-15)21(13-27-12-16-7-5-4-6-8-16)14-28(25,26)20(2,3)19(23)24-21/h4-11H,12-14H2,1-3H3,(H2,23,24). The number of nitrogens with two attached hydrogens (primary N) is 1. The molecule has 28 heavy (non-hydrogen) atoms. The van der Waals surface area contributed by atoms with Gasteiger partial charge in [0.2, 0.25) is 0 Å². The average molecular weight is 405 g/mol. The van der Waals surface area contributed by atoms with E-state index in [0.717, 1.165) is 11.1 Å². The number of nitrogens with zero attached hydrogens (tertiary/aromatic N) is 1. The van der Waals surface area contributed by atoms with Gasteiger partial charge in [0.1, 0.15) is 21.9 Å². The van der Waals surface area contributed by atoms with E-state index in [9.17, 15) is 12.8 Å². The Morgan fingerprint density at radius 3 is 2.50 bits per heavy atom. The molecule has 0 aromatic heterocycles. The zero-order valence-corrected chi connectivity index (χ0v) is 17.1. The minimum Gasteiger partial charge on any atom is -0.386 e. The molecule has 1 atom stereocenters.